The molecular formula is C18H16BrN3. The zero-order chi connectivity index (χ0) is 15.1. The van der Waals surface area contributed by atoms with Crippen molar-refractivity contribution in [1.29, 1.82) is 0 Å². The lowest BCUT2D eigenvalue weighted by Crippen LogP contribution is -2.09. The molecule has 0 saturated heterocycles. The molecule has 4 heteroatoms. The fraction of sp³-hybridized carbons (Fsp3) is 0.167. The molecule has 0 saturated carbocycles. The third kappa shape index (κ3) is 2.24. The van der Waals surface area contributed by atoms with Gasteiger partial charge >= 0.3 is 0 Å². The molecule has 2 heterocycles. The number of hydrogen-bond acceptors (Lipinski definition) is 2. The number of para-hydroxylation sites is 1. The van der Waals surface area contributed by atoms with E-state index in [1.165, 1.54) is 22.0 Å². The van der Waals surface area contributed by atoms with Crippen LogP contribution in [0.5, 0.6) is 0 Å². The maximum absolute atomic E-state index is 4.55. The number of halogens is 1. The van der Waals surface area contributed by atoms with Crippen LogP contribution in [0.2, 0.25) is 0 Å². The van der Waals surface area contributed by atoms with Crippen molar-refractivity contribution in [2.75, 3.05) is 0 Å². The summed E-state index contributed by atoms with van der Waals surface area (Å²) >= 11 is 3.47. The van der Waals surface area contributed by atoms with E-state index in [1.54, 1.807) is 0 Å². The monoisotopic (exact) mass is 353 g/mol. The summed E-state index contributed by atoms with van der Waals surface area (Å²) in [6.07, 6.45) is 3.12. The summed E-state index contributed by atoms with van der Waals surface area (Å²) in [5.74, 6) is 0. The fourth-order valence-electron chi connectivity index (χ4n) is 3.10. The summed E-state index contributed by atoms with van der Waals surface area (Å²) in [5, 5.41) is 5.85. The topological polar surface area (TPSA) is 29.3 Å². The minimum Gasteiger partial charge on any atom is -0.350 e. The van der Waals surface area contributed by atoms with E-state index in [0.717, 1.165) is 16.6 Å². The number of hydrazone groups is 1. The SMILES string of the molecule is Cn1cc(C2CC(c3ccc(Br)cc3)=NN2)c2ccccc21. The van der Waals surface area contributed by atoms with Crippen molar-refractivity contribution in [2.24, 2.45) is 12.1 Å². The minimum absolute atomic E-state index is 0.241. The largest absolute Gasteiger partial charge is 0.350 e. The normalized spacial score (nSPS) is 17.5. The molecule has 0 spiro atoms. The van der Waals surface area contributed by atoms with Gasteiger partial charge in [0.1, 0.15) is 0 Å². The summed E-state index contributed by atoms with van der Waals surface area (Å²) in [4.78, 5) is 0. The zero-order valence-corrected chi connectivity index (χ0v) is 13.8. The number of hydrogen-bond donors (Lipinski definition) is 1. The highest BCUT2D eigenvalue weighted by molar-refractivity contribution is 9.10. The van der Waals surface area contributed by atoms with Crippen molar-refractivity contribution in [3.05, 3.63) is 70.3 Å². The molecule has 0 fully saturated rings. The number of aromatic nitrogens is 1. The second kappa shape index (κ2) is 5.29. The standard InChI is InChI=1S/C18H16BrN3/c1-22-11-15(14-4-2-3-5-18(14)22)17-10-16(20-21-17)12-6-8-13(19)9-7-12/h2-9,11,17,21H,10H2,1H3. The van der Waals surface area contributed by atoms with Crippen molar-refractivity contribution < 1.29 is 0 Å². The first-order chi connectivity index (χ1) is 10.7. The molecule has 4 rings (SSSR count). The van der Waals surface area contributed by atoms with Crippen molar-refractivity contribution in [3.8, 4) is 0 Å². The van der Waals surface area contributed by atoms with Crippen LogP contribution in [-0.4, -0.2) is 10.3 Å². The second-order valence-corrected chi connectivity index (χ2v) is 6.58. The molecule has 1 aromatic heterocycles. The van der Waals surface area contributed by atoms with Gasteiger partial charge < -0.3 is 9.99 Å². The quantitative estimate of drug-likeness (QED) is 0.727. The number of benzene rings is 2. The average Bonchev–Trinajstić information content (AvgIpc) is 3.14. The van der Waals surface area contributed by atoms with E-state index in [1.807, 2.05) is 0 Å². The highest BCUT2D eigenvalue weighted by atomic mass is 79.9. The van der Waals surface area contributed by atoms with Crippen LogP contribution in [0.1, 0.15) is 23.6 Å². The first-order valence-corrected chi connectivity index (χ1v) is 8.13. The van der Waals surface area contributed by atoms with Crippen LogP contribution in [0.15, 0.2) is 64.3 Å². The lowest BCUT2D eigenvalue weighted by atomic mass is 9.99. The van der Waals surface area contributed by atoms with Gasteiger partial charge in [-0.15, -0.1) is 0 Å². The molecule has 1 unspecified atom stereocenters. The van der Waals surface area contributed by atoms with Crippen molar-refractivity contribution >= 4 is 32.5 Å². The van der Waals surface area contributed by atoms with E-state index in [4.69, 9.17) is 0 Å². The molecule has 3 aromatic rings. The number of fused-ring (bicyclic) bond motifs is 1. The Kier molecular flexibility index (Phi) is 3.26. The molecule has 1 N–H and O–H groups in total. The highest BCUT2D eigenvalue weighted by Gasteiger charge is 2.24. The van der Waals surface area contributed by atoms with Gasteiger partial charge in [0.2, 0.25) is 0 Å². The van der Waals surface area contributed by atoms with E-state index < -0.39 is 0 Å². The first kappa shape index (κ1) is 13.6. The molecule has 2 aromatic carbocycles. The highest BCUT2D eigenvalue weighted by Crippen LogP contribution is 2.31. The van der Waals surface area contributed by atoms with Gasteiger partial charge in [-0.3, -0.25) is 0 Å². The molecule has 0 bridgehead atoms. The van der Waals surface area contributed by atoms with Gasteiger partial charge in [-0.25, -0.2) is 0 Å². The molecule has 1 aliphatic heterocycles. The van der Waals surface area contributed by atoms with Crippen molar-refractivity contribution in [3.63, 3.8) is 0 Å². The predicted octanol–water partition coefficient (Wildman–Crippen LogP) is 4.38. The minimum atomic E-state index is 0.241. The van der Waals surface area contributed by atoms with Gasteiger partial charge in [-0.2, -0.15) is 5.10 Å². The number of nitrogens with one attached hydrogen (secondary N) is 1. The van der Waals surface area contributed by atoms with Crippen molar-refractivity contribution in [2.45, 2.75) is 12.5 Å². The lowest BCUT2D eigenvalue weighted by Gasteiger charge is -2.08. The summed E-state index contributed by atoms with van der Waals surface area (Å²) in [6, 6.07) is 17.1. The number of aryl methyl sites for hydroxylation is 1. The lowest BCUT2D eigenvalue weighted by molar-refractivity contribution is 0.622. The van der Waals surface area contributed by atoms with Gasteiger partial charge in [-0.1, -0.05) is 46.3 Å². The zero-order valence-electron chi connectivity index (χ0n) is 12.3. The van der Waals surface area contributed by atoms with Gasteiger partial charge in [0.05, 0.1) is 11.8 Å². The summed E-state index contributed by atoms with van der Waals surface area (Å²) < 4.78 is 3.28. The van der Waals surface area contributed by atoms with Crippen LogP contribution >= 0.6 is 15.9 Å². The maximum atomic E-state index is 4.55. The third-order valence-electron chi connectivity index (χ3n) is 4.23. The molecule has 3 nitrogen and oxygen atoms in total. The summed E-state index contributed by atoms with van der Waals surface area (Å²) in [7, 11) is 2.09. The Morgan fingerprint density at radius 3 is 2.73 bits per heavy atom. The molecule has 1 aliphatic rings. The Balaban J connectivity index is 1.65. The van der Waals surface area contributed by atoms with E-state index in [-0.39, 0.29) is 6.04 Å². The van der Waals surface area contributed by atoms with Crippen LogP contribution in [-0.2, 0) is 7.05 Å². The average molecular weight is 354 g/mol. The molecule has 0 radical (unpaired) electrons. The summed E-state index contributed by atoms with van der Waals surface area (Å²) in [6.45, 7) is 0. The first-order valence-electron chi connectivity index (χ1n) is 7.34. The smallest absolute Gasteiger partial charge is 0.0766 e. The Bertz CT molecular complexity index is 862. The Morgan fingerprint density at radius 1 is 1.14 bits per heavy atom. The van der Waals surface area contributed by atoms with E-state index >= 15 is 0 Å². The van der Waals surface area contributed by atoms with Gasteiger partial charge in [0, 0.05) is 40.6 Å². The maximum Gasteiger partial charge on any atom is 0.0766 e. The molecular weight excluding hydrogens is 338 g/mol. The number of rotatable bonds is 2. The molecule has 0 aliphatic carbocycles. The van der Waals surface area contributed by atoms with Crippen LogP contribution < -0.4 is 5.43 Å². The predicted molar refractivity (Wildman–Crippen MR) is 94.1 cm³/mol. The fourth-order valence-corrected chi connectivity index (χ4v) is 3.36. The van der Waals surface area contributed by atoms with Crippen LogP contribution in [0.3, 0.4) is 0 Å². The molecule has 1 atom stereocenters. The van der Waals surface area contributed by atoms with Crippen LogP contribution in [0.25, 0.3) is 10.9 Å². The van der Waals surface area contributed by atoms with Crippen molar-refractivity contribution in [1.82, 2.24) is 9.99 Å². The second-order valence-electron chi connectivity index (χ2n) is 5.66. The molecule has 0 amide bonds. The van der Waals surface area contributed by atoms with Gasteiger partial charge in [0.15, 0.2) is 0 Å². The van der Waals surface area contributed by atoms with E-state index in [9.17, 15) is 0 Å². The van der Waals surface area contributed by atoms with E-state index in [2.05, 4.69) is 92.8 Å². The van der Waals surface area contributed by atoms with Crippen LogP contribution in [0, 0.1) is 0 Å². The number of nitrogens with zero attached hydrogens (tertiary/aromatic N) is 2. The molecule has 22 heavy (non-hydrogen) atoms. The molecule has 110 valence electrons. The Hall–Kier alpha value is -2.07. The Morgan fingerprint density at radius 2 is 1.91 bits per heavy atom. The van der Waals surface area contributed by atoms with Gasteiger partial charge in [0.25, 0.3) is 0 Å². The van der Waals surface area contributed by atoms with Gasteiger partial charge in [-0.05, 0) is 23.8 Å². The van der Waals surface area contributed by atoms with E-state index in [0.29, 0.717) is 0 Å². The van der Waals surface area contributed by atoms with Crippen LogP contribution in [0.4, 0.5) is 0 Å². The summed E-state index contributed by atoms with van der Waals surface area (Å²) in [5.41, 5.74) is 8.17. The third-order valence-corrected chi connectivity index (χ3v) is 4.76. The Labute approximate surface area is 137 Å².